The summed E-state index contributed by atoms with van der Waals surface area (Å²) in [5.74, 6) is 0.214. The Morgan fingerprint density at radius 2 is 1.68 bits per heavy atom. The van der Waals surface area contributed by atoms with Crippen LogP contribution in [0, 0.1) is 13.8 Å². The van der Waals surface area contributed by atoms with Crippen LogP contribution in [0.4, 0.5) is 17.2 Å². The first-order valence-corrected chi connectivity index (χ1v) is 8.13. The summed E-state index contributed by atoms with van der Waals surface area (Å²) in [6.07, 6.45) is 2.97. The van der Waals surface area contributed by atoms with Crippen LogP contribution in [0.3, 0.4) is 0 Å². The summed E-state index contributed by atoms with van der Waals surface area (Å²) < 4.78 is 0. The van der Waals surface area contributed by atoms with Crippen LogP contribution in [0.5, 0.6) is 0 Å². The second-order valence-electron chi connectivity index (χ2n) is 5.61. The van der Waals surface area contributed by atoms with Crippen LogP contribution in [0.2, 0.25) is 5.02 Å². The number of aryl methyl sites for hydroxylation is 2. The fraction of sp³-hybridized carbons (Fsp3) is 0.105. The summed E-state index contributed by atoms with van der Waals surface area (Å²) >= 11 is 6.04. The van der Waals surface area contributed by atoms with Gasteiger partial charge in [0.25, 0.3) is 5.91 Å². The first kappa shape index (κ1) is 16.9. The van der Waals surface area contributed by atoms with E-state index in [-0.39, 0.29) is 11.6 Å². The number of aromatic nitrogens is 2. The van der Waals surface area contributed by atoms with E-state index < -0.39 is 0 Å². The zero-order valence-corrected chi connectivity index (χ0v) is 14.6. The summed E-state index contributed by atoms with van der Waals surface area (Å²) in [7, 11) is 0. The highest BCUT2D eigenvalue weighted by molar-refractivity contribution is 6.33. The Morgan fingerprint density at radius 1 is 0.960 bits per heavy atom. The molecule has 3 aromatic rings. The standard InChI is InChI=1S/C19H17ClN4O/c1-12-6-5-7-13(2)18(12)24-17-11-21-16(10-22-17)19(25)23-15-9-4-3-8-14(15)20/h3-11H,1-2H3,(H,22,24)(H,23,25). The van der Waals surface area contributed by atoms with Gasteiger partial charge in [-0.1, -0.05) is 41.9 Å². The molecule has 1 heterocycles. The zero-order valence-electron chi connectivity index (χ0n) is 13.9. The van der Waals surface area contributed by atoms with Crippen molar-refractivity contribution in [2.75, 3.05) is 10.6 Å². The minimum Gasteiger partial charge on any atom is -0.339 e. The molecule has 126 valence electrons. The molecule has 1 amide bonds. The Morgan fingerprint density at radius 3 is 2.32 bits per heavy atom. The van der Waals surface area contributed by atoms with Crippen molar-refractivity contribution in [2.24, 2.45) is 0 Å². The maximum Gasteiger partial charge on any atom is 0.275 e. The number of hydrogen-bond acceptors (Lipinski definition) is 4. The second kappa shape index (κ2) is 7.32. The van der Waals surface area contributed by atoms with E-state index in [1.807, 2.05) is 32.0 Å². The zero-order chi connectivity index (χ0) is 17.8. The highest BCUT2D eigenvalue weighted by atomic mass is 35.5. The van der Waals surface area contributed by atoms with Crippen molar-refractivity contribution in [1.82, 2.24) is 9.97 Å². The SMILES string of the molecule is Cc1cccc(C)c1Nc1cnc(C(=O)Nc2ccccc2Cl)cn1. The van der Waals surface area contributed by atoms with Gasteiger partial charge in [-0.3, -0.25) is 4.79 Å². The van der Waals surface area contributed by atoms with Crippen molar-refractivity contribution in [2.45, 2.75) is 13.8 Å². The third-order valence-corrected chi connectivity index (χ3v) is 4.07. The van der Waals surface area contributed by atoms with E-state index in [4.69, 9.17) is 11.6 Å². The number of anilines is 3. The molecule has 3 rings (SSSR count). The van der Waals surface area contributed by atoms with Gasteiger partial charge in [0.15, 0.2) is 0 Å². The molecule has 0 unspecified atom stereocenters. The normalized spacial score (nSPS) is 10.4. The lowest BCUT2D eigenvalue weighted by Gasteiger charge is -2.12. The van der Waals surface area contributed by atoms with Crippen molar-refractivity contribution in [1.29, 1.82) is 0 Å². The van der Waals surface area contributed by atoms with Gasteiger partial charge in [0.1, 0.15) is 11.5 Å². The van der Waals surface area contributed by atoms with Crippen LogP contribution < -0.4 is 10.6 Å². The first-order valence-electron chi connectivity index (χ1n) is 7.76. The van der Waals surface area contributed by atoms with Gasteiger partial charge in [0, 0.05) is 5.69 Å². The Hall–Kier alpha value is -2.92. The summed E-state index contributed by atoms with van der Waals surface area (Å²) in [4.78, 5) is 20.7. The van der Waals surface area contributed by atoms with E-state index in [0.29, 0.717) is 16.5 Å². The van der Waals surface area contributed by atoms with Crippen LogP contribution in [-0.4, -0.2) is 15.9 Å². The number of carbonyl (C=O) groups is 1. The molecule has 25 heavy (non-hydrogen) atoms. The van der Waals surface area contributed by atoms with Crippen molar-refractivity contribution in [3.8, 4) is 0 Å². The predicted molar refractivity (Wildman–Crippen MR) is 101 cm³/mol. The summed E-state index contributed by atoms with van der Waals surface area (Å²) in [5.41, 5.74) is 3.97. The fourth-order valence-corrected chi connectivity index (χ4v) is 2.58. The smallest absolute Gasteiger partial charge is 0.275 e. The van der Waals surface area contributed by atoms with E-state index in [9.17, 15) is 4.79 Å². The minimum atomic E-state index is -0.362. The summed E-state index contributed by atoms with van der Waals surface area (Å²) in [6.45, 7) is 4.04. The molecule has 0 fully saturated rings. The third-order valence-electron chi connectivity index (χ3n) is 3.74. The molecule has 0 aliphatic carbocycles. The lowest BCUT2D eigenvalue weighted by molar-refractivity contribution is 0.102. The highest BCUT2D eigenvalue weighted by Crippen LogP contribution is 2.23. The van der Waals surface area contributed by atoms with Gasteiger partial charge in [0.2, 0.25) is 0 Å². The molecular weight excluding hydrogens is 336 g/mol. The molecule has 0 atom stereocenters. The third kappa shape index (κ3) is 3.95. The van der Waals surface area contributed by atoms with Gasteiger partial charge in [-0.15, -0.1) is 0 Å². The van der Waals surface area contributed by atoms with Gasteiger partial charge >= 0.3 is 0 Å². The quantitative estimate of drug-likeness (QED) is 0.711. The maximum absolute atomic E-state index is 12.3. The van der Waals surface area contributed by atoms with Crippen molar-refractivity contribution >= 4 is 34.7 Å². The molecule has 0 aliphatic rings. The minimum absolute atomic E-state index is 0.215. The molecule has 0 saturated carbocycles. The molecule has 5 nitrogen and oxygen atoms in total. The monoisotopic (exact) mass is 352 g/mol. The van der Waals surface area contributed by atoms with Crippen LogP contribution in [0.15, 0.2) is 54.9 Å². The van der Waals surface area contributed by atoms with Crippen molar-refractivity contribution in [3.05, 3.63) is 76.7 Å². The van der Waals surface area contributed by atoms with Crippen LogP contribution in [-0.2, 0) is 0 Å². The first-order chi connectivity index (χ1) is 12.0. The summed E-state index contributed by atoms with van der Waals surface area (Å²) in [5, 5.41) is 6.43. The largest absolute Gasteiger partial charge is 0.339 e. The average molecular weight is 353 g/mol. The Kier molecular flexibility index (Phi) is 4.95. The van der Waals surface area contributed by atoms with Crippen LogP contribution in [0.1, 0.15) is 21.6 Å². The number of nitrogens with zero attached hydrogens (tertiary/aromatic N) is 2. The van der Waals surface area contributed by atoms with Gasteiger partial charge in [0.05, 0.1) is 23.1 Å². The number of benzene rings is 2. The molecule has 0 spiro atoms. The molecular formula is C19H17ClN4O. The number of amides is 1. The molecule has 0 saturated heterocycles. The van der Waals surface area contributed by atoms with Gasteiger partial charge in [-0.2, -0.15) is 0 Å². The molecule has 6 heteroatoms. The molecule has 0 bridgehead atoms. The molecule has 2 aromatic carbocycles. The summed E-state index contributed by atoms with van der Waals surface area (Å²) in [6, 6.07) is 13.1. The van der Waals surface area contributed by atoms with E-state index >= 15 is 0 Å². The average Bonchev–Trinajstić information content (AvgIpc) is 2.61. The molecule has 0 radical (unpaired) electrons. The van der Waals surface area contributed by atoms with Gasteiger partial charge in [-0.25, -0.2) is 9.97 Å². The molecule has 2 N–H and O–H groups in total. The Balaban J connectivity index is 1.74. The second-order valence-corrected chi connectivity index (χ2v) is 6.02. The van der Waals surface area contributed by atoms with E-state index in [0.717, 1.165) is 16.8 Å². The topological polar surface area (TPSA) is 66.9 Å². The van der Waals surface area contributed by atoms with Crippen molar-refractivity contribution < 1.29 is 4.79 Å². The number of rotatable bonds is 4. The predicted octanol–water partition coefficient (Wildman–Crippen LogP) is 4.74. The van der Waals surface area contributed by atoms with E-state index in [1.54, 1.807) is 24.3 Å². The number of nitrogens with one attached hydrogen (secondary N) is 2. The lowest BCUT2D eigenvalue weighted by Crippen LogP contribution is -2.14. The van der Waals surface area contributed by atoms with Gasteiger partial charge in [-0.05, 0) is 37.1 Å². The lowest BCUT2D eigenvalue weighted by atomic mass is 10.1. The highest BCUT2D eigenvalue weighted by Gasteiger charge is 2.11. The number of halogens is 1. The van der Waals surface area contributed by atoms with Crippen molar-refractivity contribution in [3.63, 3.8) is 0 Å². The van der Waals surface area contributed by atoms with Crippen LogP contribution in [0.25, 0.3) is 0 Å². The maximum atomic E-state index is 12.3. The molecule has 0 aliphatic heterocycles. The Labute approximate surface area is 151 Å². The number of carbonyl (C=O) groups excluding carboxylic acids is 1. The Bertz CT molecular complexity index is 889. The molecule has 1 aromatic heterocycles. The van der Waals surface area contributed by atoms with Crippen LogP contribution >= 0.6 is 11.6 Å². The van der Waals surface area contributed by atoms with E-state index in [2.05, 4.69) is 20.6 Å². The van der Waals surface area contributed by atoms with Gasteiger partial charge < -0.3 is 10.6 Å². The van der Waals surface area contributed by atoms with E-state index in [1.165, 1.54) is 12.4 Å². The fourth-order valence-electron chi connectivity index (χ4n) is 2.40. The number of para-hydroxylation sites is 2. The number of hydrogen-bond donors (Lipinski definition) is 2.